The van der Waals surface area contributed by atoms with E-state index in [1.54, 1.807) is 6.92 Å². The van der Waals surface area contributed by atoms with Crippen molar-refractivity contribution in [3.05, 3.63) is 34.9 Å². The van der Waals surface area contributed by atoms with Crippen molar-refractivity contribution >= 4 is 0 Å². The van der Waals surface area contributed by atoms with Crippen molar-refractivity contribution in [2.24, 2.45) is 11.3 Å². The maximum atomic E-state index is 13.9. The van der Waals surface area contributed by atoms with E-state index in [-0.39, 0.29) is 17.7 Å². The molecule has 106 valence electrons. The highest BCUT2D eigenvalue weighted by molar-refractivity contribution is 5.27. The highest BCUT2D eigenvalue weighted by Crippen LogP contribution is 2.51. The molecular weight excluding hydrogens is 244 g/mol. The Kier molecular flexibility index (Phi) is 3.95. The quantitative estimate of drug-likeness (QED) is 0.835. The van der Waals surface area contributed by atoms with Crippen LogP contribution in [-0.2, 0) is 0 Å². The second-order valence-electron chi connectivity index (χ2n) is 6.24. The average molecular weight is 267 g/mol. The molecule has 0 heterocycles. The summed E-state index contributed by atoms with van der Waals surface area (Å²) in [5.41, 5.74) is 1.14. The van der Waals surface area contributed by atoms with Gasteiger partial charge in [-0.3, -0.25) is 0 Å². The molecule has 3 heteroatoms. The predicted molar refractivity (Wildman–Crippen MR) is 74.0 cm³/mol. The van der Waals surface area contributed by atoms with Gasteiger partial charge in [0.25, 0.3) is 0 Å². The zero-order chi connectivity index (χ0) is 14.2. The molecule has 1 unspecified atom stereocenters. The Morgan fingerprint density at radius 1 is 1.16 bits per heavy atom. The molecule has 1 aromatic rings. The third-order valence-electron chi connectivity index (χ3n) is 4.62. The van der Waals surface area contributed by atoms with E-state index in [1.807, 2.05) is 6.92 Å². The summed E-state index contributed by atoms with van der Waals surface area (Å²) >= 11 is 0. The van der Waals surface area contributed by atoms with Crippen LogP contribution in [0.3, 0.4) is 0 Å². The molecule has 0 aliphatic heterocycles. The van der Waals surface area contributed by atoms with Gasteiger partial charge >= 0.3 is 0 Å². The summed E-state index contributed by atoms with van der Waals surface area (Å²) in [6, 6.07) is 2.43. The van der Waals surface area contributed by atoms with E-state index in [4.69, 9.17) is 0 Å². The molecule has 1 aromatic carbocycles. The molecule has 0 radical (unpaired) electrons. The first-order chi connectivity index (χ1) is 8.85. The van der Waals surface area contributed by atoms with Crippen LogP contribution < -0.4 is 5.32 Å². The monoisotopic (exact) mass is 267 g/mol. The minimum Gasteiger partial charge on any atom is -0.310 e. The van der Waals surface area contributed by atoms with E-state index >= 15 is 0 Å². The molecule has 1 aliphatic rings. The topological polar surface area (TPSA) is 12.0 Å². The number of hydrogen-bond acceptors (Lipinski definition) is 1. The van der Waals surface area contributed by atoms with Gasteiger partial charge in [0.05, 0.1) is 0 Å². The Labute approximate surface area is 114 Å². The summed E-state index contributed by atoms with van der Waals surface area (Å²) in [7, 11) is 0. The van der Waals surface area contributed by atoms with Gasteiger partial charge in [0, 0.05) is 18.2 Å². The Morgan fingerprint density at radius 2 is 1.79 bits per heavy atom. The summed E-state index contributed by atoms with van der Waals surface area (Å²) in [4.78, 5) is 0. The molecule has 1 aliphatic carbocycles. The fourth-order valence-electron chi connectivity index (χ4n) is 2.58. The first-order valence-electron chi connectivity index (χ1n) is 7.04. The molecule has 0 saturated heterocycles. The van der Waals surface area contributed by atoms with Gasteiger partial charge < -0.3 is 5.32 Å². The predicted octanol–water partition coefficient (Wildman–Crippen LogP) is 4.36. The fourth-order valence-corrected chi connectivity index (χ4v) is 2.58. The molecule has 0 bridgehead atoms. The summed E-state index contributed by atoms with van der Waals surface area (Å²) < 4.78 is 27.4. The van der Waals surface area contributed by atoms with Gasteiger partial charge in [-0.1, -0.05) is 13.8 Å². The standard InChI is InChI=1S/C16H23F2N/c1-10(2)16(5-6-16)9-19-12(4)13-8-14(17)11(3)7-15(13)18/h7-8,10,12,19H,5-6,9H2,1-4H3. The SMILES string of the molecule is Cc1cc(F)c(C(C)NCC2(C(C)C)CC2)cc1F. The fraction of sp³-hybridized carbons (Fsp3) is 0.625. The Bertz CT molecular complexity index is 464. The Morgan fingerprint density at radius 3 is 2.32 bits per heavy atom. The van der Waals surface area contributed by atoms with E-state index in [2.05, 4.69) is 19.2 Å². The molecule has 1 N–H and O–H groups in total. The molecular formula is C16H23F2N. The first kappa shape index (κ1) is 14.4. The minimum atomic E-state index is -0.338. The van der Waals surface area contributed by atoms with Crippen molar-refractivity contribution in [3.8, 4) is 0 Å². The molecule has 0 amide bonds. The van der Waals surface area contributed by atoms with Crippen molar-refractivity contribution in [2.75, 3.05) is 6.54 Å². The van der Waals surface area contributed by atoms with Crippen LogP contribution in [0, 0.1) is 29.9 Å². The number of nitrogens with one attached hydrogen (secondary N) is 1. The molecule has 0 spiro atoms. The van der Waals surface area contributed by atoms with E-state index in [0.29, 0.717) is 22.5 Å². The van der Waals surface area contributed by atoms with Gasteiger partial charge in [-0.25, -0.2) is 8.78 Å². The Balaban J connectivity index is 2.04. The van der Waals surface area contributed by atoms with Gasteiger partial charge in [0.1, 0.15) is 11.6 Å². The van der Waals surface area contributed by atoms with Crippen LogP contribution in [0.1, 0.15) is 50.8 Å². The van der Waals surface area contributed by atoms with E-state index < -0.39 is 0 Å². The number of halogens is 2. The minimum absolute atomic E-state index is 0.161. The smallest absolute Gasteiger partial charge is 0.128 e. The lowest BCUT2D eigenvalue weighted by atomic mass is 9.92. The first-order valence-corrected chi connectivity index (χ1v) is 7.04. The lowest BCUT2D eigenvalue weighted by Gasteiger charge is -2.23. The van der Waals surface area contributed by atoms with Crippen molar-refractivity contribution < 1.29 is 8.78 Å². The Hall–Kier alpha value is -0.960. The van der Waals surface area contributed by atoms with Crippen molar-refractivity contribution in [3.63, 3.8) is 0 Å². The molecule has 1 atom stereocenters. The molecule has 19 heavy (non-hydrogen) atoms. The highest BCUT2D eigenvalue weighted by Gasteiger charge is 2.44. The van der Waals surface area contributed by atoms with Crippen LogP contribution >= 0.6 is 0 Å². The molecule has 1 saturated carbocycles. The maximum Gasteiger partial charge on any atom is 0.128 e. The zero-order valence-electron chi connectivity index (χ0n) is 12.2. The molecule has 2 rings (SSSR count). The third kappa shape index (κ3) is 2.97. The number of rotatable bonds is 5. The van der Waals surface area contributed by atoms with Crippen LogP contribution in [0.4, 0.5) is 8.78 Å². The van der Waals surface area contributed by atoms with E-state index in [1.165, 1.54) is 25.0 Å². The van der Waals surface area contributed by atoms with Gasteiger partial charge in [-0.05, 0) is 55.7 Å². The van der Waals surface area contributed by atoms with E-state index in [9.17, 15) is 8.78 Å². The molecule has 1 nitrogen and oxygen atoms in total. The van der Waals surface area contributed by atoms with Crippen LogP contribution in [0.2, 0.25) is 0 Å². The lowest BCUT2D eigenvalue weighted by molar-refractivity contribution is 0.323. The zero-order valence-corrected chi connectivity index (χ0v) is 12.2. The van der Waals surface area contributed by atoms with Gasteiger partial charge in [0.15, 0.2) is 0 Å². The van der Waals surface area contributed by atoms with Crippen molar-refractivity contribution in [1.82, 2.24) is 5.32 Å². The van der Waals surface area contributed by atoms with Crippen LogP contribution in [0.5, 0.6) is 0 Å². The van der Waals surface area contributed by atoms with Crippen LogP contribution in [0.15, 0.2) is 12.1 Å². The maximum absolute atomic E-state index is 13.9. The second kappa shape index (κ2) is 5.20. The largest absolute Gasteiger partial charge is 0.310 e. The summed E-state index contributed by atoms with van der Waals surface area (Å²) in [5.74, 6) is -0.0323. The number of aryl methyl sites for hydroxylation is 1. The summed E-state index contributed by atoms with van der Waals surface area (Å²) in [6.07, 6.45) is 2.46. The highest BCUT2D eigenvalue weighted by atomic mass is 19.1. The number of hydrogen-bond donors (Lipinski definition) is 1. The normalized spacial score (nSPS) is 18.7. The molecule has 1 fully saturated rings. The number of benzene rings is 1. The molecule has 0 aromatic heterocycles. The average Bonchev–Trinajstić information content (AvgIpc) is 3.12. The lowest BCUT2D eigenvalue weighted by Crippen LogP contribution is -2.30. The third-order valence-corrected chi connectivity index (χ3v) is 4.62. The summed E-state index contributed by atoms with van der Waals surface area (Å²) in [6.45, 7) is 8.81. The van der Waals surface area contributed by atoms with Gasteiger partial charge in [-0.15, -0.1) is 0 Å². The second-order valence-corrected chi connectivity index (χ2v) is 6.24. The van der Waals surface area contributed by atoms with E-state index in [0.717, 1.165) is 6.54 Å². The van der Waals surface area contributed by atoms with Crippen molar-refractivity contribution in [2.45, 2.75) is 46.6 Å². The van der Waals surface area contributed by atoms with Gasteiger partial charge in [0.2, 0.25) is 0 Å². The van der Waals surface area contributed by atoms with Crippen LogP contribution in [0.25, 0.3) is 0 Å². The van der Waals surface area contributed by atoms with Gasteiger partial charge in [-0.2, -0.15) is 0 Å². The summed E-state index contributed by atoms with van der Waals surface area (Å²) in [5, 5.41) is 3.36. The van der Waals surface area contributed by atoms with Crippen molar-refractivity contribution in [1.29, 1.82) is 0 Å². The van der Waals surface area contributed by atoms with Crippen LogP contribution in [-0.4, -0.2) is 6.54 Å².